The molecule has 0 spiro atoms. The first-order valence-electron chi connectivity index (χ1n) is 7.12. The number of fused-ring (bicyclic) bond motifs is 1. The Bertz CT molecular complexity index is 856. The molecule has 0 aromatic carbocycles. The topological polar surface area (TPSA) is 78.7 Å². The average Bonchev–Trinajstić information content (AvgIpc) is 3.09. The second kappa shape index (κ2) is 4.54. The van der Waals surface area contributed by atoms with Gasteiger partial charge in [0.05, 0.1) is 24.8 Å². The summed E-state index contributed by atoms with van der Waals surface area (Å²) in [6.07, 6.45) is 5.50. The first kappa shape index (κ1) is 12.3. The van der Waals surface area contributed by atoms with Gasteiger partial charge < -0.3 is 4.52 Å². The third kappa shape index (κ3) is 2.05. The number of rotatable bonds is 4. The average molecular weight is 285 g/mol. The van der Waals surface area contributed by atoms with Gasteiger partial charge in [-0.1, -0.05) is 5.16 Å². The molecular weight excluding hydrogens is 270 g/mol. The number of hydrogen-bond acceptors (Lipinski definition) is 5. The van der Waals surface area contributed by atoms with Crippen molar-refractivity contribution in [3.8, 4) is 0 Å². The molecule has 3 heterocycles. The number of aromatic nitrogens is 5. The Labute approximate surface area is 120 Å². The second-order valence-electron chi connectivity index (χ2n) is 5.36. The van der Waals surface area contributed by atoms with Crippen molar-refractivity contribution in [2.24, 2.45) is 0 Å². The van der Waals surface area contributed by atoms with E-state index in [1.807, 2.05) is 13.0 Å². The highest BCUT2D eigenvalue weighted by Crippen LogP contribution is 2.39. The van der Waals surface area contributed by atoms with E-state index >= 15 is 0 Å². The maximum atomic E-state index is 12.5. The minimum Gasteiger partial charge on any atom is -0.359 e. The van der Waals surface area contributed by atoms with Crippen LogP contribution in [-0.4, -0.2) is 24.5 Å². The van der Waals surface area contributed by atoms with Crippen molar-refractivity contribution in [3.63, 3.8) is 0 Å². The van der Waals surface area contributed by atoms with Crippen LogP contribution in [0, 0.1) is 0 Å². The summed E-state index contributed by atoms with van der Waals surface area (Å²) < 4.78 is 8.51. The molecule has 1 aliphatic rings. The summed E-state index contributed by atoms with van der Waals surface area (Å²) in [4.78, 5) is 16.8. The normalized spacial score (nSPS) is 14.9. The van der Waals surface area contributed by atoms with Gasteiger partial charge in [0.1, 0.15) is 5.52 Å². The fraction of sp³-hybridized carbons (Fsp3) is 0.429. The molecular formula is C14H15N5O2. The zero-order valence-corrected chi connectivity index (χ0v) is 11.7. The van der Waals surface area contributed by atoms with E-state index in [0.717, 1.165) is 5.69 Å². The Balaban J connectivity index is 1.71. The predicted octanol–water partition coefficient (Wildman–Crippen LogP) is 1.53. The minimum absolute atomic E-state index is 0.108. The largest absolute Gasteiger partial charge is 0.359 e. The van der Waals surface area contributed by atoms with Crippen LogP contribution in [0.15, 0.2) is 27.9 Å². The van der Waals surface area contributed by atoms with E-state index in [-0.39, 0.29) is 5.56 Å². The molecule has 7 nitrogen and oxygen atoms in total. The van der Waals surface area contributed by atoms with Crippen molar-refractivity contribution in [1.29, 1.82) is 0 Å². The van der Waals surface area contributed by atoms with E-state index < -0.39 is 0 Å². The number of hydrogen-bond donors (Lipinski definition) is 0. The first-order chi connectivity index (χ1) is 10.3. The van der Waals surface area contributed by atoms with Gasteiger partial charge in [0, 0.05) is 18.5 Å². The Morgan fingerprint density at radius 2 is 2.29 bits per heavy atom. The van der Waals surface area contributed by atoms with E-state index in [2.05, 4.69) is 15.2 Å². The molecule has 7 heteroatoms. The molecule has 108 valence electrons. The fourth-order valence-electron chi connectivity index (χ4n) is 2.51. The van der Waals surface area contributed by atoms with Crippen LogP contribution in [-0.2, 0) is 13.1 Å². The molecule has 3 aromatic heterocycles. The molecule has 0 radical (unpaired) electrons. The predicted molar refractivity (Wildman–Crippen MR) is 75.0 cm³/mol. The number of nitrogens with zero attached hydrogens (tertiary/aromatic N) is 5. The van der Waals surface area contributed by atoms with Gasteiger partial charge in [-0.3, -0.25) is 14.0 Å². The highest BCUT2D eigenvalue weighted by atomic mass is 16.5. The van der Waals surface area contributed by atoms with Crippen LogP contribution in [0.4, 0.5) is 0 Å². The zero-order chi connectivity index (χ0) is 14.4. The summed E-state index contributed by atoms with van der Waals surface area (Å²) in [6, 6.07) is 1.94. The van der Waals surface area contributed by atoms with Crippen LogP contribution < -0.4 is 5.56 Å². The maximum Gasteiger partial charge on any atom is 0.279 e. The molecule has 21 heavy (non-hydrogen) atoms. The van der Waals surface area contributed by atoms with Crippen LogP contribution in [0.3, 0.4) is 0 Å². The molecule has 0 aliphatic heterocycles. The molecule has 1 saturated carbocycles. The highest BCUT2D eigenvalue weighted by molar-refractivity contribution is 5.72. The molecule has 0 bridgehead atoms. The smallest absolute Gasteiger partial charge is 0.279 e. The number of aryl methyl sites for hydroxylation is 1. The Hall–Kier alpha value is -2.44. The molecule has 0 N–H and O–H groups in total. The third-order valence-electron chi connectivity index (χ3n) is 3.82. The molecule has 1 aliphatic carbocycles. The van der Waals surface area contributed by atoms with Crippen molar-refractivity contribution in [3.05, 3.63) is 40.4 Å². The quantitative estimate of drug-likeness (QED) is 0.726. The standard InChI is InChI=1S/C14H15N5O2/c1-2-19-13-12(6-16-19)15-8-18(14(13)20)7-10-5-11(17-21-10)9-3-4-9/h5-6,8-9H,2-4,7H2,1H3. The van der Waals surface area contributed by atoms with Crippen LogP contribution in [0.5, 0.6) is 0 Å². The summed E-state index contributed by atoms with van der Waals surface area (Å²) in [5.41, 5.74) is 2.03. The van der Waals surface area contributed by atoms with Gasteiger partial charge in [-0.25, -0.2) is 4.98 Å². The van der Waals surface area contributed by atoms with Gasteiger partial charge in [0.15, 0.2) is 11.3 Å². The summed E-state index contributed by atoms with van der Waals surface area (Å²) >= 11 is 0. The molecule has 0 saturated heterocycles. The molecule has 4 rings (SSSR count). The van der Waals surface area contributed by atoms with E-state index in [1.165, 1.54) is 23.7 Å². The van der Waals surface area contributed by atoms with Crippen LogP contribution in [0.25, 0.3) is 11.0 Å². The van der Waals surface area contributed by atoms with Crippen LogP contribution in [0.2, 0.25) is 0 Å². The zero-order valence-electron chi connectivity index (χ0n) is 11.7. The van der Waals surface area contributed by atoms with E-state index in [4.69, 9.17) is 4.52 Å². The summed E-state index contributed by atoms with van der Waals surface area (Å²) in [6.45, 7) is 2.93. The van der Waals surface area contributed by atoms with Crippen molar-refractivity contribution in [1.82, 2.24) is 24.5 Å². The Morgan fingerprint density at radius 3 is 3.05 bits per heavy atom. The lowest BCUT2D eigenvalue weighted by molar-refractivity contribution is 0.369. The lowest BCUT2D eigenvalue weighted by atomic mass is 10.3. The Kier molecular flexibility index (Phi) is 2.66. The lowest BCUT2D eigenvalue weighted by Crippen LogP contribution is -2.23. The second-order valence-corrected chi connectivity index (χ2v) is 5.36. The van der Waals surface area contributed by atoms with Crippen LogP contribution in [0.1, 0.15) is 37.1 Å². The van der Waals surface area contributed by atoms with Gasteiger partial charge in [-0.05, 0) is 19.8 Å². The third-order valence-corrected chi connectivity index (χ3v) is 3.82. The van der Waals surface area contributed by atoms with Gasteiger partial charge in [-0.2, -0.15) is 5.10 Å². The van der Waals surface area contributed by atoms with Gasteiger partial charge >= 0.3 is 0 Å². The minimum atomic E-state index is -0.108. The molecule has 3 aromatic rings. The van der Waals surface area contributed by atoms with E-state index in [1.54, 1.807) is 10.9 Å². The van der Waals surface area contributed by atoms with E-state index in [0.29, 0.717) is 35.8 Å². The fourth-order valence-corrected chi connectivity index (χ4v) is 2.51. The highest BCUT2D eigenvalue weighted by Gasteiger charge is 2.27. The summed E-state index contributed by atoms with van der Waals surface area (Å²) in [5, 5.41) is 8.23. The van der Waals surface area contributed by atoms with E-state index in [9.17, 15) is 4.79 Å². The molecule has 0 amide bonds. The summed E-state index contributed by atoms with van der Waals surface area (Å²) in [5.74, 6) is 1.23. The van der Waals surface area contributed by atoms with Gasteiger partial charge in [0.25, 0.3) is 5.56 Å². The molecule has 0 unspecified atom stereocenters. The van der Waals surface area contributed by atoms with Crippen molar-refractivity contribution in [2.75, 3.05) is 0 Å². The van der Waals surface area contributed by atoms with Crippen LogP contribution >= 0.6 is 0 Å². The molecule has 1 fully saturated rings. The first-order valence-corrected chi connectivity index (χ1v) is 7.12. The lowest BCUT2D eigenvalue weighted by Gasteiger charge is -2.03. The Morgan fingerprint density at radius 1 is 1.43 bits per heavy atom. The van der Waals surface area contributed by atoms with Gasteiger partial charge in [-0.15, -0.1) is 0 Å². The van der Waals surface area contributed by atoms with Gasteiger partial charge in [0.2, 0.25) is 0 Å². The maximum absolute atomic E-state index is 12.5. The van der Waals surface area contributed by atoms with Crippen molar-refractivity contribution >= 4 is 11.0 Å². The summed E-state index contributed by atoms with van der Waals surface area (Å²) in [7, 11) is 0. The SMILES string of the molecule is CCn1ncc2ncn(Cc3cc(C4CC4)no3)c(=O)c21. The van der Waals surface area contributed by atoms with Crippen molar-refractivity contribution < 1.29 is 4.52 Å². The van der Waals surface area contributed by atoms with Crippen molar-refractivity contribution in [2.45, 2.75) is 38.8 Å². The molecule has 0 atom stereocenters. The monoisotopic (exact) mass is 285 g/mol.